The number of para-hydroxylation sites is 1. The number of aliphatic hydroxyl groups excluding tert-OH is 1. The van der Waals surface area contributed by atoms with Crippen LogP contribution in [0, 0.1) is 6.92 Å². The molecule has 206 valence electrons. The molecule has 0 aliphatic carbocycles. The van der Waals surface area contributed by atoms with Crippen LogP contribution in [0.5, 0.6) is 17.2 Å². The van der Waals surface area contributed by atoms with Gasteiger partial charge in [0, 0.05) is 6.54 Å². The van der Waals surface area contributed by atoms with E-state index in [1.54, 1.807) is 23.7 Å². The average molecular weight is 535 g/mol. The number of aromatic nitrogens is 2. The standard InChI is InChI=1S/C29H34N4O6/c1-18-21(17-30-33(18)20-11-8-7-9-12-20)26(34)24-25(32(29(36)27(24)35)14-10-13-31(2)3)19-15-22(37-4)28(39-6)23(16-19)38-5/h7-9,11-12,15-17,25,34H,10,13-14H2,1-6H3/b26-24+/t25-/m0/s1. The van der Waals surface area contributed by atoms with Crippen LogP contribution in [0.1, 0.15) is 29.3 Å². The molecule has 39 heavy (non-hydrogen) atoms. The quantitative estimate of drug-likeness (QED) is 0.239. The first-order valence-electron chi connectivity index (χ1n) is 12.6. The fourth-order valence-electron chi connectivity index (χ4n) is 4.89. The van der Waals surface area contributed by atoms with E-state index < -0.39 is 17.7 Å². The van der Waals surface area contributed by atoms with E-state index in [1.165, 1.54) is 32.4 Å². The van der Waals surface area contributed by atoms with Gasteiger partial charge in [0.05, 0.1) is 56.1 Å². The van der Waals surface area contributed by atoms with Crippen LogP contribution in [0.3, 0.4) is 0 Å². The van der Waals surface area contributed by atoms with Gasteiger partial charge >= 0.3 is 0 Å². The zero-order valence-corrected chi connectivity index (χ0v) is 23.1. The van der Waals surface area contributed by atoms with Crippen LogP contribution in [0.25, 0.3) is 11.4 Å². The van der Waals surface area contributed by atoms with Crippen molar-refractivity contribution in [2.75, 3.05) is 48.5 Å². The van der Waals surface area contributed by atoms with Gasteiger partial charge in [-0.05, 0) is 63.8 Å². The fourth-order valence-corrected chi connectivity index (χ4v) is 4.89. The van der Waals surface area contributed by atoms with E-state index in [0.29, 0.717) is 53.6 Å². The number of ketones is 1. The van der Waals surface area contributed by atoms with Crippen molar-refractivity contribution in [1.82, 2.24) is 19.6 Å². The van der Waals surface area contributed by atoms with Crippen LogP contribution in [0.2, 0.25) is 0 Å². The lowest BCUT2D eigenvalue weighted by molar-refractivity contribution is -0.139. The number of carbonyl (C=O) groups excluding carboxylic acids is 2. The van der Waals surface area contributed by atoms with Crippen LogP contribution in [-0.2, 0) is 9.59 Å². The second-order valence-electron chi connectivity index (χ2n) is 9.50. The Kier molecular flexibility index (Phi) is 8.25. The molecule has 2 aromatic carbocycles. The molecule has 3 aromatic rings. The van der Waals surface area contributed by atoms with Crippen molar-refractivity contribution in [1.29, 1.82) is 0 Å². The van der Waals surface area contributed by atoms with Crippen molar-refractivity contribution in [3.8, 4) is 22.9 Å². The normalized spacial score (nSPS) is 16.7. The third-order valence-corrected chi connectivity index (χ3v) is 6.81. The van der Waals surface area contributed by atoms with E-state index in [9.17, 15) is 14.7 Å². The number of ether oxygens (including phenoxy) is 3. The molecule has 0 unspecified atom stereocenters. The highest BCUT2D eigenvalue weighted by Gasteiger charge is 2.46. The van der Waals surface area contributed by atoms with Gasteiger partial charge in [-0.3, -0.25) is 9.59 Å². The van der Waals surface area contributed by atoms with Gasteiger partial charge in [-0.2, -0.15) is 5.10 Å². The number of likely N-dealkylation sites (tertiary alicyclic amines) is 1. The molecule has 1 aliphatic rings. The molecule has 10 heteroatoms. The highest BCUT2D eigenvalue weighted by molar-refractivity contribution is 6.46. The van der Waals surface area contributed by atoms with Crippen molar-refractivity contribution in [3.05, 3.63) is 71.1 Å². The van der Waals surface area contributed by atoms with E-state index in [2.05, 4.69) is 5.10 Å². The second-order valence-corrected chi connectivity index (χ2v) is 9.50. The van der Waals surface area contributed by atoms with Crippen LogP contribution >= 0.6 is 0 Å². The first kappa shape index (κ1) is 27.7. The summed E-state index contributed by atoms with van der Waals surface area (Å²) in [7, 11) is 8.38. The summed E-state index contributed by atoms with van der Waals surface area (Å²) in [6.07, 6.45) is 2.13. The van der Waals surface area contributed by atoms with Gasteiger partial charge in [0.2, 0.25) is 5.75 Å². The number of aliphatic hydroxyl groups is 1. The molecule has 1 N–H and O–H groups in total. The summed E-state index contributed by atoms with van der Waals surface area (Å²) in [6.45, 7) is 2.83. The number of benzene rings is 2. The Hall–Kier alpha value is -4.31. The van der Waals surface area contributed by atoms with Gasteiger partial charge in [0.15, 0.2) is 11.5 Å². The Bertz CT molecular complexity index is 1370. The van der Waals surface area contributed by atoms with Crippen molar-refractivity contribution in [2.24, 2.45) is 0 Å². The largest absolute Gasteiger partial charge is 0.507 e. The predicted octanol–water partition coefficient (Wildman–Crippen LogP) is 3.58. The van der Waals surface area contributed by atoms with E-state index in [-0.39, 0.29) is 11.3 Å². The molecule has 1 fully saturated rings. The first-order chi connectivity index (χ1) is 18.7. The zero-order chi connectivity index (χ0) is 28.3. The van der Waals surface area contributed by atoms with Gasteiger partial charge in [-0.15, -0.1) is 0 Å². The number of rotatable bonds is 10. The summed E-state index contributed by atoms with van der Waals surface area (Å²) >= 11 is 0. The minimum absolute atomic E-state index is 0.0187. The Morgan fingerprint density at radius 1 is 1.03 bits per heavy atom. The maximum absolute atomic E-state index is 13.5. The highest BCUT2D eigenvalue weighted by atomic mass is 16.5. The van der Waals surface area contributed by atoms with Crippen LogP contribution in [-0.4, -0.2) is 84.9 Å². The molecule has 1 amide bonds. The molecular formula is C29H34N4O6. The number of nitrogens with zero attached hydrogens (tertiary/aromatic N) is 4. The molecule has 10 nitrogen and oxygen atoms in total. The Morgan fingerprint density at radius 3 is 2.23 bits per heavy atom. The number of Topliss-reactive ketones (excluding diaryl/α,β-unsaturated/α-hetero) is 1. The molecule has 2 heterocycles. The highest BCUT2D eigenvalue weighted by Crippen LogP contribution is 2.46. The molecular weight excluding hydrogens is 500 g/mol. The van der Waals surface area contributed by atoms with Crippen molar-refractivity contribution in [3.63, 3.8) is 0 Å². The summed E-state index contributed by atoms with van der Waals surface area (Å²) < 4.78 is 18.2. The maximum atomic E-state index is 13.5. The van der Waals surface area contributed by atoms with Crippen LogP contribution in [0.4, 0.5) is 0 Å². The molecule has 0 spiro atoms. The van der Waals surface area contributed by atoms with Crippen molar-refractivity contribution < 1.29 is 28.9 Å². The molecule has 0 radical (unpaired) electrons. The fraction of sp³-hybridized carbons (Fsp3) is 0.345. The minimum Gasteiger partial charge on any atom is -0.507 e. The van der Waals surface area contributed by atoms with Gasteiger partial charge < -0.3 is 29.1 Å². The van der Waals surface area contributed by atoms with E-state index >= 15 is 0 Å². The minimum atomic E-state index is -0.875. The molecule has 1 saturated heterocycles. The topological polar surface area (TPSA) is 106 Å². The third kappa shape index (κ3) is 5.20. The SMILES string of the molecule is COc1cc([C@H]2/C(=C(\O)c3cnn(-c4ccccc4)c3C)C(=O)C(=O)N2CCCN(C)C)cc(OC)c1OC. The van der Waals surface area contributed by atoms with Gasteiger partial charge in [-0.1, -0.05) is 18.2 Å². The summed E-state index contributed by atoms with van der Waals surface area (Å²) in [5, 5.41) is 16.0. The zero-order valence-electron chi connectivity index (χ0n) is 23.1. The predicted molar refractivity (Wildman–Crippen MR) is 147 cm³/mol. The smallest absolute Gasteiger partial charge is 0.295 e. The Balaban J connectivity index is 1.90. The Labute approximate surface area is 228 Å². The van der Waals surface area contributed by atoms with Gasteiger partial charge in [0.25, 0.3) is 11.7 Å². The lowest BCUT2D eigenvalue weighted by Crippen LogP contribution is -2.32. The summed E-state index contributed by atoms with van der Waals surface area (Å²) in [6, 6.07) is 12.0. The van der Waals surface area contributed by atoms with Crippen molar-refractivity contribution in [2.45, 2.75) is 19.4 Å². The second kappa shape index (κ2) is 11.6. The van der Waals surface area contributed by atoms with E-state index in [4.69, 9.17) is 14.2 Å². The summed E-state index contributed by atoms with van der Waals surface area (Å²) in [4.78, 5) is 30.4. The number of hydrogen-bond donors (Lipinski definition) is 1. The molecule has 1 atom stereocenters. The first-order valence-corrected chi connectivity index (χ1v) is 12.6. The number of carbonyl (C=O) groups is 2. The molecule has 0 bridgehead atoms. The number of hydrogen-bond acceptors (Lipinski definition) is 8. The number of methoxy groups -OCH3 is 3. The summed E-state index contributed by atoms with van der Waals surface area (Å²) in [5.74, 6) is -0.599. The Morgan fingerprint density at radius 2 is 1.67 bits per heavy atom. The molecule has 1 aliphatic heterocycles. The van der Waals surface area contributed by atoms with Crippen molar-refractivity contribution >= 4 is 17.4 Å². The number of amides is 1. The third-order valence-electron chi connectivity index (χ3n) is 6.81. The van der Waals surface area contributed by atoms with Crippen LogP contribution < -0.4 is 14.2 Å². The lowest BCUT2D eigenvalue weighted by atomic mass is 9.94. The molecule has 1 aromatic heterocycles. The summed E-state index contributed by atoms with van der Waals surface area (Å²) in [5.41, 5.74) is 2.32. The lowest BCUT2D eigenvalue weighted by Gasteiger charge is -2.27. The van der Waals surface area contributed by atoms with Crippen LogP contribution in [0.15, 0.2) is 54.2 Å². The van der Waals surface area contributed by atoms with Gasteiger partial charge in [-0.25, -0.2) is 4.68 Å². The van der Waals surface area contributed by atoms with E-state index in [1.807, 2.05) is 49.3 Å². The maximum Gasteiger partial charge on any atom is 0.295 e. The average Bonchev–Trinajstić information content (AvgIpc) is 3.44. The molecule has 0 saturated carbocycles. The molecule has 4 rings (SSSR count). The van der Waals surface area contributed by atoms with E-state index in [0.717, 1.165) is 5.69 Å². The monoisotopic (exact) mass is 534 g/mol. The van der Waals surface area contributed by atoms with Gasteiger partial charge in [0.1, 0.15) is 5.76 Å².